The molecule has 1 aromatic rings. The first-order chi connectivity index (χ1) is 17.0. The molecular weight excluding hydrogens is 454 g/mol. The molecule has 3 rings (SSSR count). The standard InChI is InChI=1S/C29H45N3O4/c1-7-20(3)24(31-28(35)36-29(4,5)6)27(34)32(23-16-17-23)25(21-13-11-12-19(2)18-21)26(33)30-22-14-9-8-10-15-22/h11-13,18,20,22-25H,7-10,14-17H2,1-6H3,(H,30,33)(H,31,35). The molecule has 0 saturated heterocycles. The summed E-state index contributed by atoms with van der Waals surface area (Å²) in [6.07, 6.45) is 7.16. The third-order valence-electron chi connectivity index (χ3n) is 7.18. The highest BCUT2D eigenvalue weighted by Gasteiger charge is 2.45. The van der Waals surface area contributed by atoms with Gasteiger partial charge in [0.2, 0.25) is 11.8 Å². The summed E-state index contributed by atoms with van der Waals surface area (Å²) in [6.45, 7) is 11.3. The van der Waals surface area contributed by atoms with E-state index in [0.29, 0.717) is 6.42 Å². The molecule has 0 aliphatic heterocycles. The fourth-order valence-electron chi connectivity index (χ4n) is 4.95. The number of carbonyl (C=O) groups is 3. The highest BCUT2D eigenvalue weighted by Crippen LogP contribution is 2.37. The number of carbonyl (C=O) groups excluding carboxylic acids is 3. The number of rotatable bonds is 9. The minimum absolute atomic E-state index is 0.0212. The molecule has 2 saturated carbocycles. The number of nitrogens with one attached hydrogen (secondary N) is 2. The summed E-state index contributed by atoms with van der Waals surface area (Å²) < 4.78 is 5.48. The van der Waals surface area contributed by atoms with Crippen molar-refractivity contribution in [2.75, 3.05) is 0 Å². The molecule has 3 unspecified atom stereocenters. The quantitative estimate of drug-likeness (QED) is 0.475. The predicted molar refractivity (Wildman–Crippen MR) is 141 cm³/mol. The van der Waals surface area contributed by atoms with Gasteiger partial charge in [-0.15, -0.1) is 0 Å². The first-order valence-electron chi connectivity index (χ1n) is 13.7. The van der Waals surface area contributed by atoms with Crippen molar-refractivity contribution in [1.82, 2.24) is 15.5 Å². The molecule has 0 aromatic heterocycles. The van der Waals surface area contributed by atoms with Crippen LogP contribution in [0.3, 0.4) is 0 Å². The molecular formula is C29H45N3O4. The molecule has 2 aliphatic carbocycles. The van der Waals surface area contributed by atoms with Gasteiger partial charge < -0.3 is 20.3 Å². The lowest BCUT2D eigenvalue weighted by Crippen LogP contribution is -2.56. The van der Waals surface area contributed by atoms with Crippen LogP contribution < -0.4 is 10.6 Å². The fourth-order valence-corrected chi connectivity index (χ4v) is 4.95. The van der Waals surface area contributed by atoms with Crippen LogP contribution in [0.1, 0.15) is 103 Å². The zero-order valence-electron chi connectivity index (χ0n) is 22.9. The van der Waals surface area contributed by atoms with Crippen molar-refractivity contribution in [1.29, 1.82) is 0 Å². The van der Waals surface area contributed by atoms with Crippen molar-refractivity contribution in [3.63, 3.8) is 0 Å². The van der Waals surface area contributed by atoms with Crippen LogP contribution in [-0.4, -0.2) is 46.5 Å². The minimum atomic E-state index is -0.778. The largest absolute Gasteiger partial charge is 0.444 e. The van der Waals surface area contributed by atoms with Crippen LogP contribution in [0.4, 0.5) is 4.79 Å². The third kappa shape index (κ3) is 7.71. The Balaban J connectivity index is 1.94. The van der Waals surface area contributed by atoms with Crippen LogP contribution in [0, 0.1) is 12.8 Å². The molecule has 3 atom stereocenters. The number of nitrogens with zero attached hydrogens (tertiary/aromatic N) is 1. The number of hydrogen-bond donors (Lipinski definition) is 2. The number of aryl methyl sites for hydroxylation is 1. The number of ether oxygens (including phenoxy) is 1. The molecule has 2 N–H and O–H groups in total. The zero-order valence-corrected chi connectivity index (χ0v) is 22.9. The van der Waals surface area contributed by atoms with Crippen LogP contribution in [-0.2, 0) is 14.3 Å². The van der Waals surface area contributed by atoms with Gasteiger partial charge in [-0.3, -0.25) is 9.59 Å². The van der Waals surface area contributed by atoms with E-state index in [-0.39, 0.29) is 29.8 Å². The summed E-state index contributed by atoms with van der Waals surface area (Å²) in [5, 5.41) is 6.11. The van der Waals surface area contributed by atoms with E-state index >= 15 is 0 Å². The SMILES string of the molecule is CCC(C)C(NC(=O)OC(C)(C)C)C(=O)N(C1CC1)C(C(=O)NC1CCCCC1)c1cccc(C)c1. The van der Waals surface area contributed by atoms with Crippen LogP contribution in [0.5, 0.6) is 0 Å². The average molecular weight is 500 g/mol. The van der Waals surface area contributed by atoms with E-state index in [1.54, 1.807) is 25.7 Å². The van der Waals surface area contributed by atoms with E-state index in [1.165, 1.54) is 6.42 Å². The molecule has 3 amide bonds. The summed E-state index contributed by atoms with van der Waals surface area (Å²) in [4.78, 5) is 42.5. The molecule has 0 bridgehead atoms. The molecule has 2 aliphatic rings. The lowest BCUT2D eigenvalue weighted by Gasteiger charge is -2.37. The van der Waals surface area contributed by atoms with Gasteiger partial charge in [0, 0.05) is 12.1 Å². The van der Waals surface area contributed by atoms with Gasteiger partial charge >= 0.3 is 6.09 Å². The lowest BCUT2D eigenvalue weighted by molar-refractivity contribution is -0.144. The highest BCUT2D eigenvalue weighted by molar-refractivity contribution is 5.93. The summed E-state index contributed by atoms with van der Waals surface area (Å²) in [7, 11) is 0. The third-order valence-corrected chi connectivity index (χ3v) is 7.18. The zero-order chi connectivity index (χ0) is 26.5. The van der Waals surface area contributed by atoms with Gasteiger partial charge in [-0.1, -0.05) is 69.4 Å². The molecule has 0 radical (unpaired) electrons. The van der Waals surface area contributed by atoms with Gasteiger partial charge in [0.25, 0.3) is 0 Å². The van der Waals surface area contributed by atoms with E-state index in [9.17, 15) is 14.4 Å². The number of alkyl carbamates (subject to hydrolysis) is 1. The number of amides is 3. The van der Waals surface area contributed by atoms with Crippen LogP contribution >= 0.6 is 0 Å². The van der Waals surface area contributed by atoms with Crippen molar-refractivity contribution in [2.24, 2.45) is 5.92 Å². The van der Waals surface area contributed by atoms with E-state index in [0.717, 1.165) is 49.7 Å². The maximum absolute atomic E-state index is 14.2. The van der Waals surface area contributed by atoms with Crippen molar-refractivity contribution >= 4 is 17.9 Å². The Morgan fingerprint density at radius 3 is 2.31 bits per heavy atom. The van der Waals surface area contributed by atoms with E-state index in [1.807, 2.05) is 45.0 Å². The first-order valence-corrected chi connectivity index (χ1v) is 13.7. The fraction of sp³-hybridized carbons (Fsp3) is 0.690. The van der Waals surface area contributed by atoms with Crippen molar-refractivity contribution < 1.29 is 19.1 Å². The van der Waals surface area contributed by atoms with Gasteiger partial charge in [-0.25, -0.2) is 4.79 Å². The van der Waals surface area contributed by atoms with Crippen LogP contribution in [0.25, 0.3) is 0 Å². The summed E-state index contributed by atoms with van der Waals surface area (Å²) in [5.41, 5.74) is 1.17. The second kappa shape index (κ2) is 12.1. The van der Waals surface area contributed by atoms with E-state index in [2.05, 4.69) is 10.6 Å². The van der Waals surface area contributed by atoms with E-state index < -0.39 is 23.8 Å². The Bertz CT molecular complexity index is 915. The molecule has 0 heterocycles. The summed E-state index contributed by atoms with van der Waals surface area (Å²) >= 11 is 0. The van der Waals surface area contributed by atoms with Gasteiger partial charge in [-0.05, 0) is 64.9 Å². The van der Waals surface area contributed by atoms with Crippen LogP contribution in [0.2, 0.25) is 0 Å². The van der Waals surface area contributed by atoms with Crippen molar-refractivity contribution in [3.05, 3.63) is 35.4 Å². The topological polar surface area (TPSA) is 87.7 Å². The minimum Gasteiger partial charge on any atom is -0.444 e. The Kier molecular flexibility index (Phi) is 9.42. The highest BCUT2D eigenvalue weighted by atomic mass is 16.6. The number of hydrogen-bond acceptors (Lipinski definition) is 4. The molecule has 7 heteroatoms. The average Bonchev–Trinajstić information content (AvgIpc) is 3.64. The second-order valence-electron chi connectivity index (χ2n) is 11.6. The Morgan fingerprint density at radius 1 is 1.08 bits per heavy atom. The van der Waals surface area contributed by atoms with Crippen LogP contribution in [0.15, 0.2) is 24.3 Å². The van der Waals surface area contributed by atoms with E-state index in [4.69, 9.17) is 4.74 Å². The lowest BCUT2D eigenvalue weighted by atomic mass is 9.93. The summed E-state index contributed by atoms with van der Waals surface area (Å²) in [5.74, 6) is -0.471. The first kappa shape index (κ1) is 28.0. The molecule has 36 heavy (non-hydrogen) atoms. The maximum atomic E-state index is 14.2. The normalized spacial score (nSPS) is 19.1. The summed E-state index contributed by atoms with van der Waals surface area (Å²) in [6, 6.07) is 6.46. The molecule has 2 fully saturated rings. The molecule has 7 nitrogen and oxygen atoms in total. The smallest absolute Gasteiger partial charge is 0.408 e. The van der Waals surface area contributed by atoms with Gasteiger partial charge in [0.05, 0.1) is 0 Å². The Labute approximate surface area is 216 Å². The second-order valence-corrected chi connectivity index (χ2v) is 11.6. The van der Waals surface area contributed by atoms with Crippen molar-refractivity contribution in [3.8, 4) is 0 Å². The monoisotopic (exact) mass is 499 g/mol. The van der Waals surface area contributed by atoms with Crippen molar-refractivity contribution in [2.45, 2.75) is 123 Å². The maximum Gasteiger partial charge on any atom is 0.408 e. The molecule has 1 aromatic carbocycles. The van der Waals surface area contributed by atoms with Gasteiger partial charge in [0.15, 0.2) is 0 Å². The Morgan fingerprint density at radius 2 is 1.75 bits per heavy atom. The van der Waals surface area contributed by atoms with Gasteiger partial charge in [-0.2, -0.15) is 0 Å². The molecule has 0 spiro atoms. The van der Waals surface area contributed by atoms with Gasteiger partial charge in [0.1, 0.15) is 17.7 Å². The molecule has 200 valence electrons. The predicted octanol–water partition coefficient (Wildman–Crippen LogP) is 5.42. The number of benzene rings is 1. The Hall–Kier alpha value is -2.57.